The number of ketones is 1. The van der Waals surface area contributed by atoms with Crippen molar-refractivity contribution < 1.29 is 4.79 Å². The molecule has 0 unspecified atom stereocenters. The van der Waals surface area contributed by atoms with Gasteiger partial charge < -0.3 is 5.73 Å². The van der Waals surface area contributed by atoms with E-state index in [4.69, 9.17) is 5.73 Å². The number of hydrogen-bond donors (Lipinski definition) is 1. The first-order chi connectivity index (χ1) is 10.2. The van der Waals surface area contributed by atoms with Crippen molar-refractivity contribution >= 4 is 16.6 Å². The lowest BCUT2D eigenvalue weighted by Crippen LogP contribution is -2.41. The average Bonchev–Trinajstić information content (AvgIpc) is 2.55. The molecule has 0 atom stereocenters. The standard InChI is InChI=1S/C19H23NO/c1-14-9-11-19(13-20,12-10-14)18(21)17-8-4-6-15-5-2-3-7-16(15)17/h2-8,14H,9-13,20H2,1H3. The number of Topliss-reactive ketones (excluding diaryl/α,β-unsaturated/α-hetero) is 1. The van der Waals surface area contributed by atoms with Gasteiger partial charge in [0.1, 0.15) is 0 Å². The summed E-state index contributed by atoms with van der Waals surface area (Å²) in [6.07, 6.45) is 4.06. The van der Waals surface area contributed by atoms with Crippen molar-refractivity contribution in [2.75, 3.05) is 6.54 Å². The molecule has 2 aromatic rings. The fraction of sp³-hybridized carbons (Fsp3) is 0.421. The van der Waals surface area contributed by atoms with Crippen molar-refractivity contribution in [3.8, 4) is 0 Å². The van der Waals surface area contributed by atoms with Crippen LogP contribution >= 0.6 is 0 Å². The third-order valence-electron chi connectivity index (χ3n) is 5.14. The summed E-state index contributed by atoms with van der Waals surface area (Å²) >= 11 is 0. The molecule has 0 radical (unpaired) electrons. The van der Waals surface area contributed by atoms with Crippen molar-refractivity contribution in [1.29, 1.82) is 0 Å². The monoisotopic (exact) mass is 281 g/mol. The highest BCUT2D eigenvalue weighted by atomic mass is 16.1. The molecule has 0 spiro atoms. The number of rotatable bonds is 3. The molecule has 21 heavy (non-hydrogen) atoms. The normalized spacial score (nSPS) is 25.9. The van der Waals surface area contributed by atoms with Gasteiger partial charge in [-0.3, -0.25) is 4.79 Å². The minimum absolute atomic E-state index is 0.244. The second-order valence-electron chi connectivity index (χ2n) is 6.52. The SMILES string of the molecule is CC1CCC(CN)(C(=O)c2cccc3ccccc23)CC1. The van der Waals surface area contributed by atoms with E-state index in [2.05, 4.69) is 19.1 Å². The van der Waals surface area contributed by atoms with Crippen LogP contribution in [0.1, 0.15) is 43.0 Å². The molecular weight excluding hydrogens is 258 g/mol. The lowest BCUT2D eigenvalue weighted by atomic mass is 9.66. The zero-order valence-electron chi connectivity index (χ0n) is 12.6. The molecule has 110 valence electrons. The van der Waals surface area contributed by atoms with Crippen molar-refractivity contribution in [2.45, 2.75) is 32.6 Å². The van der Waals surface area contributed by atoms with E-state index in [-0.39, 0.29) is 11.2 Å². The number of hydrogen-bond acceptors (Lipinski definition) is 2. The third-order valence-corrected chi connectivity index (χ3v) is 5.14. The summed E-state index contributed by atoms with van der Waals surface area (Å²) in [6, 6.07) is 14.1. The van der Waals surface area contributed by atoms with Crippen molar-refractivity contribution in [1.82, 2.24) is 0 Å². The Kier molecular flexibility index (Phi) is 3.81. The van der Waals surface area contributed by atoms with Crippen LogP contribution in [0.4, 0.5) is 0 Å². The molecule has 0 aromatic heterocycles. The van der Waals surface area contributed by atoms with Crippen LogP contribution in [0.3, 0.4) is 0 Å². The zero-order chi connectivity index (χ0) is 14.9. The molecule has 1 aliphatic rings. The highest BCUT2D eigenvalue weighted by Gasteiger charge is 2.40. The maximum Gasteiger partial charge on any atom is 0.170 e. The molecule has 3 rings (SSSR count). The van der Waals surface area contributed by atoms with Gasteiger partial charge in [-0.2, -0.15) is 0 Å². The van der Waals surface area contributed by atoms with Gasteiger partial charge in [-0.15, -0.1) is 0 Å². The predicted octanol–water partition coefficient (Wildman–Crippen LogP) is 4.18. The summed E-state index contributed by atoms with van der Waals surface area (Å²) in [7, 11) is 0. The fourth-order valence-corrected chi connectivity index (χ4v) is 3.55. The van der Waals surface area contributed by atoms with Gasteiger partial charge in [0.15, 0.2) is 5.78 Å². The molecule has 0 aliphatic heterocycles. The number of fused-ring (bicyclic) bond motifs is 1. The first-order valence-electron chi connectivity index (χ1n) is 7.89. The third kappa shape index (κ3) is 2.49. The van der Waals surface area contributed by atoms with Gasteiger partial charge in [-0.1, -0.05) is 49.4 Å². The number of carbonyl (C=O) groups excluding carboxylic acids is 1. The summed E-state index contributed by atoms with van der Waals surface area (Å²) < 4.78 is 0. The number of benzene rings is 2. The molecule has 1 aliphatic carbocycles. The van der Waals surface area contributed by atoms with Gasteiger partial charge in [0.25, 0.3) is 0 Å². The Labute approximate surface area is 126 Å². The summed E-state index contributed by atoms with van der Waals surface area (Å²) in [5, 5.41) is 2.18. The average molecular weight is 281 g/mol. The van der Waals surface area contributed by atoms with Crippen LogP contribution in [0.15, 0.2) is 42.5 Å². The highest BCUT2D eigenvalue weighted by molar-refractivity contribution is 6.10. The smallest absolute Gasteiger partial charge is 0.170 e. The zero-order valence-corrected chi connectivity index (χ0v) is 12.6. The van der Waals surface area contributed by atoms with Gasteiger partial charge in [0, 0.05) is 17.5 Å². The first kappa shape index (κ1) is 14.3. The van der Waals surface area contributed by atoms with Crippen molar-refractivity contribution in [3.05, 3.63) is 48.0 Å². The highest BCUT2D eigenvalue weighted by Crippen LogP contribution is 2.41. The molecule has 0 saturated heterocycles. The van der Waals surface area contributed by atoms with Crippen molar-refractivity contribution in [2.24, 2.45) is 17.1 Å². The van der Waals surface area contributed by atoms with E-state index in [9.17, 15) is 4.79 Å². The van der Waals surface area contributed by atoms with Gasteiger partial charge in [-0.25, -0.2) is 0 Å². The maximum atomic E-state index is 13.2. The van der Waals surface area contributed by atoms with E-state index in [0.717, 1.165) is 42.0 Å². The van der Waals surface area contributed by atoms with Gasteiger partial charge >= 0.3 is 0 Å². The van der Waals surface area contributed by atoms with E-state index in [1.165, 1.54) is 0 Å². The Morgan fingerprint density at radius 3 is 2.52 bits per heavy atom. The van der Waals surface area contributed by atoms with Crippen LogP contribution in [0, 0.1) is 11.3 Å². The van der Waals surface area contributed by atoms with E-state index in [0.29, 0.717) is 12.5 Å². The van der Waals surface area contributed by atoms with E-state index >= 15 is 0 Å². The molecule has 1 saturated carbocycles. The fourth-order valence-electron chi connectivity index (χ4n) is 3.55. The second-order valence-corrected chi connectivity index (χ2v) is 6.52. The molecular formula is C19H23NO. The van der Waals surface area contributed by atoms with E-state index < -0.39 is 0 Å². The van der Waals surface area contributed by atoms with Crippen LogP contribution in [0.2, 0.25) is 0 Å². The van der Waals surface area contributed by atoms with Crippen LogP contribution in [-0.4, -0.2) is 12.3 Å². The molecule has 0 heterocycles. The van der Waals surface area contributed by atoms with Gasteiger partial charge in [0.2, 0.25) is 0 Å². The van der Waals surface area contributed by atoms with Crippen LogP contribution in [0.5, 0.6) is 0 Å². The number of carbonyl (C=O) groups is 1. The summed E-state index contributed by atoms with van der Waals surface area (Å²) in [5.41, 5.74) is 6.54. The molecule has 0 amide bonds. The summed E-state index contributed by atoms with van der Waals surface area (Å²) in [5.74, 6) is 0.957. The lowest BCUT2D eigenvalue weighted by Gasteiger charge is -2.37. The number of nitrogens with two attached hydrogens (primary N) is 1. The van der Waals surface area contributed by atoms with Gasteiger partial charge in [0.05, 0.1) is 0 Å². The molecule has 2 aromatic carbocycles. The van der Waals surface area contributed by atoms with Crippen LogP contribution < -0.4 is 5.73 Å². The molecule has 2 heteroatoms. The topological polar surface area (TPSA) is 43.1 Å². The largest absolute Gasteiger partial charge is 0.329 e. The van der Waals surface area contributed by atoms with Crippen LogP contribution in [-0.2, 0) is 0 Å². The Hall–Kier alpha value is -1.67. The van der Waals surface area contributed by atoms with E-state index in [1.807, 2.05) is 30.3 Å². The maximum absolute atomic E-state index is 13.2. The Morgan fingerprint density at radius 1 is 1.14 bits per heavy atom. The molecule has 2 N–H and O–H groups in total. The summed E-state index contributed by atoms with van der Waals surface area (Å²) in [6.45, 7) is 2.73. The molecule has 2 nitrogen and oxygen atoms in total. The Bertz CT molecular complexity index is 648. The lowest BCUT2D eigenvalue weighted by molar-refractivity contribution is 0.0697. The summed E-state index contributed by atoms with van der Waals surface area (Å²) in [4.78, 5) is 13.2. The first-order valence-corrected chi connectivity index (χ1v) is 7.89. The minimum atomic E-state index is -0.351. The Morgan fingerprint density at radius 2 is 1.81 bits per heavy atom. The van der Waals surface area contributed by atoms with Crippen molar-refractivity contribution in [3.63, 3.8) is 0 Å². The van der Waals surface area contributed by atoms with E-state index in [1.54, 1.807) is 0 Å². The molecule has 1 fully saturated rings. The Balaban J connectivity index is 2.03. The second kappa shape index (κ2) is 5.61. The molecule has 0 bridgehead atoms. The van der Waals surface area contributed by atoms with Gasteiger partial charge in [-0.05, 0) is 42.4 Å². The van der Waals surface area contributed by atoms with Crippen LogP contribution in [0.25, 0.3) is 10.8 Å². The predicted molar refractivity (Wildman–Crippen MR) is 87.4 cm³/mol. The minimum Gasteiger partial charge on any atom is -0.329 e. The quantitative estimate of drug-likeness (QED) is 0.858.